The summed E-state index contributed by atoms with van der Waals surface area (Å²) in [6.07, 6.45) is 4.01. The second-order valence-corrected chi connectivity index (χ2v) is 7.23. The zero-order chi connectivity index (χ0) is 15.3. The Morgan fingerprint density at radius 1 is 1.35 bits per heavy atom. The second kappa shape index (κ2) is 7.24. The van der Waals surface area contributed by atoms with Crippen molar-refractivity contribution in [1.29, 1.82) is 0 Å². The van der Waals surface area contributed by atoms with E-state index in [1.54, 1.807) is 0 Å². The Morgan fingerprint density at radius 3 is 2.50 bits per heavy atom. The molecule has 0 saturated heterocycles. The van der Waals surface area contributed by atoms with Crippen LogP contribution in [0, 0.1) is 0 Å². The minimum absolute atomic E-state index is 0.0206. The molecule has 0 aliphatic carbocycles. The van der Waals surface area contributed by atoms with Gasteiger partial charge in [-0.05, 0) is 26.3 Å². The first-order chi connectivity index (χ1) is 9.30. The summed E-state index contributed by atoms with van der Waals surface area (Å²) < 4.78 is 26.6. The van der Waals surface area contributed by atoms with E-state index >= 15 is 0 Å². The van der Waals surface area contributed by atoms with Crippen LogP contribution in [-0.2, 0) is 10.0 Å². The Kier molecular flexibility index (Phi) is 6.23. The Labute approximate surface area is 125 Å². The van der Waals surface area contributed by atoms with Crippen molar-refractivity contribution >= 4 is 21.6 Å². The number of unbranched alkanes of at least 4 members (excludes halogenated alkanes) is 2. The SMILES string of the molecule is CCCCCN(C(C)C)S(=O)(=O)c1c[nH]c(=O)c(Cl)c1. The zero-order valence-corrected chi connectivity index (χ0v) is 13.6. The third kappa shape index (κ3) is 4.07. The van der Waals surface area contributed by atoms with E-state index in [4.69, 9.17) is 11.6 Å². The zero-order valence-electron chi connectivity index (χ0n) is 12.0. The molecule has 5 nitrogen and oxygen atoms in total. The first-order valence-corrected chi connectivity index (χ1v) is 8.52. The van der Waals surface area contributed by atoms with Crippen molar-refractivity contribution in [2.45, 2.75) is 51.0 Å². The normalized spacial score (nSPS) is 12.3. The van der Waals surface area contributed by atoms with Crippen LogP contribution in [0.1, 0.15) is 40.0 Å². The number of nitrogens with zero attached hydrogens (tertiary/aromatic N) is 1. The molecule has 0 aromatic carbocycles. The average molecular weight is 321 g/mol. The molecule has 0 unspecified atom stereocenters. The molecule has 1 N–H and O–H groups in total. The van der Waals surface area contributed by atoms with Gasteiger partial charge < -0.3 is 4.98 Å². The van der Waals surface area contributed by atoms with Crippen LogP contribution in [0.25, 0.3) is 0 Å². The molecule has 0 fully saturated rings. The fourth-order valence-electron chi connectivity index (χ4n) is 1.90. The van der Waals surface area contributed by atoms with E-state index in [1.807, 2.05) is 13.8 Å². The van der Waals surface area contributed by atoms with E-state index in [1.165, 1.54) is 16.6 Å². The molecule has 0 bridgehead atoms. The molecule has 1 aromatic heterocycles. The summed E-state index contributed by atoms with van der Waals surface area (Å²) >= 11 is 5.70. The highest BCUT2D eigenvalue weighted by Gasteiger charge is 2.27. The number of H-pyrrole nitrogens is 1. The van der Waals surface area contributed by atoms with Gasteiger partial charge in [-0.2, -0.15) is 4.31 Å². The molecule has 0 saturated carbocycles. The van der Waals surface area contributed by atoms with Gasteiger partial charge in [-0.15, -0.1) is 0 Å². The highest BCUT2D eigenvalue weighted by Crippen LogP contribution is 2.19. The summed E-state index contributed by atoms with van der Waals surface area (Å²) in [5, 5.41) is -0.122. The quantitative estimate of drug-likeness (QED) is 0.785. The summed E-state index contributed by atoms with van der Waals surface area (Å²) in [4.78, 5) is 13.6. The number of nitrogens with one attached hydrogen (secondary N) is 1. The number of rotatable bonds is 7. The van der Waals surface area contributed by atoms with Crippen molar-refractivity contribution in [1.82, 2.24) is 9.29 Å². The number of sulfonamides is 1. The van der Waals surface area contributed by atoms with E-state index in [0.717, 1.165) is 19.3 Å². The van der Waals surface area contributed by atoms with Gasteiger partial charge in [-0.25, -0.2) is 8.42 Å². The maximum atomic E-state index is 12.6. The summed E-state index contributed by atoms with van der Waals surface area (Å²) in [5.74, 6) is 0. The van der Waals surface area contributed by atoms with Crippen molar-refractivity contribution in [2.24, 2.45) is 0 Å². The third-order valence-corrected chi connectivity index (χ3v) is 5.33. The van der Waals surface area contributed by atoms with Crippen molar-refractivity contribution < 1.29 is 8.42 Å². The summed E-state index contributed by atoms with van der Waals surface area (Å²) in [6, 6.07) is 1.05. The second-order valence-electron chi connectivity index (χ2n) is 4.93. The number of hydrogen-bond acceptors (Lipinski definition) is 3. The predicted octanol–water partition coefficient (Wildman–Crippen LogP) is 2.62. The van der Waals surface area contributed by atoms with Crippen LogP contribution < -0.4 is 5.56 Å². The first-order valence-electron chi connectivity index (χ1n) is 6.70. The van der Waals surface area contributed by atoms with Crippen molar-refractivity contribution in [2.75, 3.05) is 6.54 Å². The molecule has 1 rings (SSSR count). The van der Waals surface area contributed by atoms with Crippen molar-refractivity contribution in [3.63, 3.8) is 0 Å². The standard InChI is InChI=1S/C13H21ClN2O3S/c1-4-5-6-7-16(10(2)3)20(18,19)11-8-12(14)13(17)15-9-11/h8-10H,4-7H2,1-3H3,(H,15,17). The molecular weight excluding hydrogens is 300 g/mol. The first kappa shape index (κ1) is 17.2. The number of pyridine rings is 1. The number of aromatic nitrogens is 1. The van der Waals surface area contributed by atoms with Crippen molar-refractivity contribution in [3.8, 4) is 0 Å². The van der Waals surface area contributed by atoms with Gasteiger partial charge >= 0.3 is 0 Å². The molecule has 0 spiro atoms. The van der Waals surface area contributed by atoms with Crippen LogP contribution in [0.2, 0.25) is 5.02 Å². The summed E-state index contributed by atoms with van der Waals surface area (Å²) in [5.41, 5.74) is -0.493. The van der Waals surface area contributed by atoms with Gasteiger partial charge in [0.1, 0.15) is 5.02 Å². The van der Waals surface area contributed by atoms with Crippen LogP contribution in [0.3, 0.4) is 0 Å². The third-order valence-electron chi connectivity index (χ3n) is 3.00. The molecule has 1 aromatic rings. The Balaban J connectivity index is 3.09. The Hall–Kier alpha value is -0.850. The van der Waals surface area contributed by atoms with Crippen LogP contribution in [0.5, 0.6) is 0 Å². The van der Waals surface area contributed by atoms with Crippen molar-refractivity contribution in [3.05, 3.63) is 27.6 Å². The lowest BCUT2D eigenvalue weighted by atomic mass is 10.2. The van der Waals surface area contributed by atoms with Crippen LogP contribution in [-0.4, -0.2) is 30.3 Å². The smallest absolute Gasteiger partial charge is 0.266 e. The van der Waals surface area contributed by atoms with Crippen LogP contribution in [0.15, 0.2) is 22.0 Å². The maximum Gasteiger partial charge on any atom is 0.266 e. The lowest BCUT2D eigenvalue weighted by molar-refractivity contribution is 0.345. The molecule has 0 radical (unpaired) electrons. The van der Waals surface area contributed by atoms with Gasteiger partial charge in [0.05, 0.1) is 4.90 Å². The average Bonchev–Trinajstić information content (AvgIpc) is 2.37. The van der Waals surface area contributed by atoms with Crippen LogP contribution in [0.4, 0.5) is 0 Å². The monoisotopic (exact) mass is 320 g/mol. The summed E-state index contributed by atoms with van der Waals surface area (Å²) in [6.45, 7) is 6.19. The van der Waals surface area contributed by atoms with Gasteiger partial charge in [0.2, 0.25) is 10.0 Å². The molecule has 0 amide bonds. The molecule has 20 heavy (non-hydrogen) atoms. The molecule has 0 atom stereocenters. The van der Waals surface area contributed by atoms with Gasteiger partial charge in [0.15, 0.2) is 0 Å². The fraction of sp³-hybridized carbons (Fsp3) is 0.615. The largest absolute Gasteiger partial charge is 0.326 e. The Morgan fingerprint density at radius 2 is 2.00 bits per heavy atom. The Bertz CT molecular complexity index is 596. The van der Waals surface area contributed by atoms with Crippen LogP contribution >= 0.6 is 11.6 Å². The number of hydrogen-bond donors (Lipinski definition) is 1. The topological polar surface area (TPSA) is 70.2 Å². The van der Waals surface area contributed by atoms with E-state index in [9.17, 15) is 13.2 Å². The number of halogens is 1. The molecule has 0 aliphatic rings. The van der Waals surface area contributed by atoms with E-state index in [0.29, 0.717) is 6.54 Å². The van der Waals surface area contributed by atoms with E-state index < -0.39 is 15.6 Å². The minimum Gasteiger partial charge on any atom is -0.326 e. The number of aromatic amines is 1. The fourth-order valence-corrected chi connectivity index (χ4v) is 3.80. The minimum atomic E-state index is -3.64. The molecule has 7 heteroatoms. The molecule has 0 aliphatic heterocycles. The van der Waals surface area contributed by atoms with Gasteiger partial charge in [0.25, 0.3) is 5.56 Å². The predicted molar refractivity (Wildman–Crippen MR) is 80.6 cm³/mol. The molecule has 1 heterocycles. The molecular formula is C13H21ClN2O3S. The molecule has 114 valence electrons. The summed E-state index contributed by atoms with van der Waals surface area (Å²) in [7, 11) is -3.64. The van der Waals surface area contributed by atoms with E-state index in [-0.39, 0.29) is 16.0 Å². The van der Waals surface area contributed by atoms with Gasteiger partial charge in [-0.1, -0.05) is 31.4 Å². The maximum absolute atomic E-state index is 12.6. The highest BCUT2D eigenvalue weighted by molar-refractivity contribution is 7.89. The lowest BCUT2D eigenvalue weighted by Crippen LogP contribution is -2.38. The van der Waals surface area contributed by atoms with Gasteiger partial charge in [0, 0.05) is 18.8 Å². The van der Waals surface area contributed by atoms with Gasteiger partial charge in [-0.3, -0.25) is 4.79 Å². The lowest BCUT2D eigenvalue weighted by Gasteiger charge is -2.25. The highest BCUT2D eigenvalue weighted by atomic mass is 35.5. The van der Waals surface area contributed by atoms with E-state index in [2.05, 4.69) is 11.9 Å².